The van der Waals surface area contributed by atoms with E-state index in [1.807, 2.05) is 0 Å². The first kappa shape index (κ1) is 20.9. The van der Waals surface area contributed by atoms with E-state index in [1.54, 1.807) is 0 Å². The lowest BCUT2D eigenvalue weighted by Gasteiger charge is -2.25. The molecule has 4 nitrogen and oxygen atoms in total. The molecular weight excluding hydrogens is 612 g/mol. The molecule has 0 aromatic heterocycles. The summed E-state index contributed by atoms with van der Waals surface area (Å²) in [6, 6.07) is -2.42. The normalized spacial score (nSPS) is 25.7. The smallest absolute Gasteiger partial charge is 0.416 e. The van der Waals surface area contributed by atoms with Crippen molar-refractivity contribution in [2.24, 2.45) is 0 Å². The Balaban J connectivity index is 2.10. The van der Waals surface area contributed by atoms with E-state index >= 15 is 4.39 Å². The predicted octanol–water partition coefficient (Wildman–Crippen LogP) is 9.76. The Hall–Kier alpha value is -3.97. The highest BCUT2D eigenvalue weighted by Crippen LogP contribution is 2.45. The number of ether oxygens (including phenoxy) is 2. The molecule has 2 atom stereocenters. The van der Waals surface area contributed by atoms with E-state index < -0.39 is 132 Å². The molecular formula is C30H25F10NO3. The van der Waals surface area contributed by atoms with Crippen molar-refractivity contribution in [3.8, 4) is 16.9 Å². The molecule has 1 saturated heterocycles. The van der Waals surface area contributed by atoms with E-state index in [4.69, 9.17) is 24.6 Å². The van der Waals surface area contributed by atoms with Gasteiger partial charge in [-0.05, 0) is 71.9 Å². The van der Waals surface area contributed by atoms with Gasteiger partial charge in [0.15, 0.2) is 0 Å². The Morgan fingerprint density at radius 1 is 0.909 bits per heavy atom. The molecule has 0 N–H and O–H groups in total. The number of alkyl halides is 9. The minimum atomic E-state index is -5.59. The SMILES string of the molecule is [2H]C([2H])([2H])C(c1c(F)ccc(OC)c1-c1ccc(C(F)(F)F)cc1CN1C(=O)O[C@]([2H])(c2cc(C(F)(F)F)cc(C(F)(F)F)c2)[C@]1([2H])C([2H])([2H])[2H])C([2H])([2H])[2H]. The van der Waals surface area contributed by atoms with Gasteiger partial charge in [0.25, 0.3) is 0 Å². The lowest BCUT2D eigenvalue weighted by atomic mass is 9.88. The number of hydrogen-bond donors (Lipinski definition) is 0. The van der Waals surface area contributed by atoms with E-state index in [0.29, 0.717) is 18.2 Å². The molecule has 1 heterocycles. The van der Waals surface area contributed by atoms with Gasteiger partial charge in [0.05, 0.1) is 39.1 Å². The van der Waals surface area contributed by atoms with Crippen molar-refractivity contribution in [2.75, 3.05) is 7.11 Å². The second-order valence-electron chi connectivity index (χ2n) is 9.27. The van der Waals surface area contributed by atoms with Crippen LogP contribution in [-0.4, -0.2) is 24.1 Å². The van der Waals surface area contributed by atoms with E-state index in [2.05, 4.69) is 0 Å². The molecule has 1 aliphatic rings. The fourth-order valence-corrected chi connectivity index (χ4v) is 4.45. The Morgan fingerprint density at radius 2 is 1.52 bits per heavy atom. The standard InChI is InChI=1S/C30H25F10NO3/c1-14(2)24-22(31)7-8-23(43-4)25(24)21-6-5-18(28(32,33)34)11-17(21)13-41-15(3)26(44-27(41)42)16-9-19(29(35,36)37)12-20(10-16)30(38,39)40/h5-12,14-15,26H,13H2,1-4H3/t15-,26-/m0/s1/i1D3,2D3,3D3,15D,26D. The van der Waals surface area contributed by atoms with Gasteiger partial charge in [-0.15, -0.1) is 0 Å². The zero-order chi connectivity index (χ0) is 42.3. The first-order valence-electron chi connectivity index (χ1n) is 17.5. The van der Waals surface area contributed by atoms with E-state index in [0.717, 1.165) is 13.2 Å². The molecule has 0 spiro atoms. The van der Waals surface area contributed by atoms with Gasteiger partial charge in [0.2, 0.25) is 0 Å². The fraction of sp³-hybridized carbons (Fsp3) is 0.367. The molecule has 14 heteroatoms. The maximum Gasteiger partial charge on any atom is 0.416 e. The number of rotatable bonds is 6. The summed E-state index contributed by atoms with van der Waals surface area (Å²) in [5.41, 5.74) is -11.2. The molecule has 3 aromatic rings. The predicted molar refractivity (Wildman–Crippen MR) is 138 cm³/mol. The zero-order valence-electron chi connectivity index (χ0n) is 32.9. The van der Waals surface area contributed by atoms with Crippen LogP contribution in [0.2, 0.25) is 0 Å². The molecule has 1 aliphatic heterocycles. The van der Waals surface area contributed by atoms with Crippen molar-refractivity contribution < 1.29 is 73.3 Å². The molecule has 0 saturated carbocycles. The topological polar surface area (TPSA) is 38.8 Å². The Morgan fingerprint density at radius 3 is 2.05 bits per heavy atom. The third kappa shape index (κ3) is 6.43. The van der Waals surface area contributed by atoms with Gasteiger partial charge in [-0.25, -0.2) is 9.18 Å². The average molecular weight is 649 g/mol. The van der Waals surface area contributed by atoms with Crippen LogP contribution in [0.1, 0.15) is 81.0 Å². The van der Waals surface area contributed by atoms with E-state index in [-0.39, 0.29) is 23.1 Å². The van der Waals surface area contributed by atoms with Gasteiger partial charge in [0, 0.05) is 23.5 Å². The third-order valence-corrected chi connectivity index (χ3v) is 6.44. The van der Waals surface area contributed by atoms with Crippen LogP contribution in [0, 0.1) is 5.82 Å². The van der Waals surface area contributed by atoms with Crippen LogP contribution in [0.25, 0.3) is 11.1 Å². The number of benzene rings is 3. The molecule has 1 fully saturated rings. The number of amides is 1. The maximum absolute atomic E-state index is 15.7. The molecule has 238 valence electrons. The van der Waals surface area contributed by atoms with Gasteiger partial charge in [-0.3, -0.25) is 4.90 Å². The molecule has 1 amide bonds. The van der Waals surface area contributed by atoms with Crippen molar-refractivity contribution >= 4 is 6.09 Å². The van der Waals surface area contributed by atoms with Crippen molar-refractivity contribution in [2.45, 2.75) is 63.6 Å². The number of cyclic esters (lactones) is 1. The Bertz CT molecular complexity index is 1930. The molecule has 0 radical (unpaired) electrons. The van der Waals surface area contributed by atoms with Crippen molar-refractivity contribution in [3.05, 3.63) is 87.7 Å². The highest BCUT2D eigenvalue weighted by molar-refractivity contribution is 5.79. The largest absolute Gasteiger partial charge is 0.496 e. The molecule has 0 aliphatic carbocycles. The lowest BCUT2D eigenvalue weighted by Crippen LogP contribution is -2.32. The van der Waals surface area contributed by atoms with Gasteiger partial charge in [-0.1, -0.05) is 19.8 Å². The summed E-state index contributed by atoms with van der Waals surface area (Å²) in [4.78, 5) is 13.2. The summed E-state index contributed by atoms with van der Waals surface area (Å²) in [7, 11) is 0.907. The molecule has 0 unspecified atom stereocenters. The van der Waals surface area contributed by atoms with Crippen LogP contribution in [0.15, 0.2) is 48.5 Å². The quantitative estimate of drug-likeness (QED) is 0.250. The van der Waals surface area contributed by atoms with Gasteiger partial charge >= 0.3 is 24.6 Å². The second kappa shape index (κ2) is 11.5. The first-order chi connectivity index (χ1) is 24.6. The molecule has 3 aromatic carbocycles. The Kier molecular flexibility index (Phi) is 5.46. The monoisotopic (exact) mass is 648 g/mol. The summed E-state index contributed by atoms with van der Waals surface area (Å²) >= 11 is 0. The van der Waals surface area contributed by atoms with Crippen LogP contribution >= 0.6 is 0 Å². The number of hydrogen-bond acceptors (Lipinski definition) is 3. The van der Waals surface area contributed by atoms with Gasteiger partial charge < -0.3 is 9.47 Å². The lowest BCUT2D eigenvalue weighted by molar-refractivity contribution is -0.143. The average Bonchev–Trinajstić information content (AvgIpc) is 3.20. The van der Waals surface area contributed by atoms with Gasteiger partial charge in [-0.2, -0.15) is 39.5 Å². The minimum absolute atomic E-state index is 0.183. The summed E-state index contributed by atoms with van der Waals surface area (Å²) < 4.78 is 240. The highest BCUT2D eigenvalue weighted by atomic mass is 19.4. The highest BCUT2D eigenvalue weighted by Gasteiger charge is 2.44. The number of carbonyl (C=O) groups is 1. The van der Waals surface area contributed by atoms with Gasteiger partial charge in [0.1, 0.15) is 17.6 Å². The number of nitrogens with zero attached hydrogens (tertiary/aromatic N) is 1. The van der Waals surface area contributed by atoms with Crippen LogP contribution in [0.3, 0.4) is 0 Å². The minimum Gasteiger partial charge on any atom is -0.496 e. The second-order valence-corrected chi connectivity index (χ2v) is 9.27. The molecule has 0 bridgehead atoms. The Labute approximate surface area is 260 Å². The fourth-order valence-electron chi connectivity index (χ4n) is 4.45. The van der Waals surface area contributed by atoms with E-state index in [9.17, 15) is 44.3 Å². The zero-order valence-corrected chi connectivity index (χ0v) is 21.9. The number of methoxy groups -OCH3 is 1. The molecule has 4 rings (SSSR count). The molecule has 44 heavy (non-hydrogen) atoms. The van der Waals surface area contributed by atoms with Crippen molar-refractivity contribution in [1.82, 2.24) is 4.90 Å². The maximum atomic E-state index is 15.7. The number of carbonyl (C=O) groups excluding carboxylic acids is 1. The van der Waals surface area contributed by atoms with E-state index in [1.165, 1.54) is 0 Å². The van der Waals surface area contributed by atoms with Crippen LogP contribution in [0.4, 0.5) is 48.7 Å². The third-order valence-electron chi connectivity index (χ3n) is 6.44. The summed E-state index contributed by atoms with van der Waals surface area (Å²) in [6.45, 7) is -12.9. The van der Waals surface area contributed by atoms with Crippen molar-refractivity contribution in [3.63, 3.8) is 0 Å². The number of halogens is 10. The summed E-state index contributed by atoms with van der Waals surface area (Å²) in [6.07, 6.45) is -22.6. The first-order valence-corrected chi connectivity index (χ1v) is 12.0. The van der Waals surface area contributed by atoms with Crippen LogP contribution < -0.4 is 4.74 Å². The summed E-state index contributed by atoms with van der Waals surface area (Å²) in [5.74, 6) is -4.84. The van der Waals surface area contributed by atoms with Crippen LogP contribution in [0.5, 0.6) is 5.75 Å². The van der Waals surface area contributed by atoms with Crippen molar-refractivity contribution in [1.29, 1.82) is 0 Å². The van der Waals surface area contributed by atoms with Crippen LogP contribution in [-0.2, 0) is 29.8 Å². The summed E-state index contributed by atoms with van der Waals surface area (Å²) in [5, 5.41) is 0.